The first-order valence-electron chi connectivity index (χ1n) is 5.70. The number of carboxylic acids is 1. The van der Waals surface area contributed by atoms with Crippen molar-refractivity contribution in [2.24, 2.45) is 0 Å². The summed E-state index contributed by atoms with van der Waals surface area (Å²) in [5.74, 6) is -0.165. The Bertz CT molecular complexity index is 551. The zero-order chi connectivity index (χ0) is 13.7. The monoisotopic (exact) mass is 278 g/mol. The smallest absolute Gasteiger partial charge is 0.355 e. The molecule has 0 aliphatic rings. The van der Waals surface area contributed by atoms with E-state index in [0.717, 1.165) is 16.2 Å². The fourth-order valence-electron chi connectivity index (χ4n) is 1.63. The summed E-state index contributed by atoms with van der Waals surface area (Å²) in [5, 5.41) is 12.1. The van der Waals surface area contributed by atoms with Crippen LogP contribution in [-0.4, -0.2) is 23.2 Å². The molecule has 1 aromatic carbocycles. The Morgan fingerprint density at radius 1 is 1.37 bits per heavy atom. The van der Waals surface area contributed by atoms with Crippen molar-refractivity contribution in [1.82, 2.24) is 10.3 Å². The van der Waals surface area contributed by atoms with Gasteiger partial charge in [0.15, 0.2) is 5.69 Å². The van der Waals surface area contributed by atoms with Crippen LogP contribution in [0.2, 0.25) is 0 Å². The Kier molecular flexibility index (Phi) is 4.48. The van der Waals surface area contributed by atoms with Gasteiger partial charge in [-0.3, -0.25) is 0 Å². The maximum Gasteiger partial charge on any atom is 0.355 e. The molecule has 2 aromatic rings. The summed E-state index contributed by atoms with van der Waals surface area (Å²) in [6.45, 7) is 1.17. The first-order chi connectivity index (χ1) is 9.20. The predicted molar refractivity (Wildman–Crippen MR) is 72.6 cm³/mol. The summed E-state index contributed by atoms with van der Waals surface area (Å²) in [5.41, 5.74) is 2.79. The van der Waals surface area contributed by atoms with Crippen LogP contribution >= 0.6 is 11.3 Å². The second-order valence-electron chi connectivity index (χ2n) is 3.88. The van der Waals surface area contributed by atoms with Crippen molar-refractivity contribution < 1.29 is 14.6 Å². The number of thiazole rings is 1. The summed E-state index contributed by atoms with van der Waals surface area (Å²) in [4.78, 5) is 15.5. The average Bonchev–Trinajstić information content (AvgIpc) is 2.88. The summed E-state index contributed by atoms with van der Waals surface area (Å²) in [6, 6.07) is 7.73. The minimum absolute atomic E-state index is 0.132. The number of nitrogens with one attached hydrogen (secondary N) is 1. The number of hydrogen-bond acceptors (Lipinski definition) is 5. The van der Waals surface area contributed by atoms with E-state index in [9.17, 15) is 4.79 Å². The summed E-state index contributed by atoms with van der Waals surface area (Å²) < 4.78 is 5.08. The molecule has 6 heteroatoms. The molecule has 0 fully saturated rings. The highest BCUT2D eigenvalue weighted by Crippen LogP contribution is 2.14. The Morgan fingerprint density at radius 3 is 2.74 bits per heavy atom. The molecular formula is C13H14N2O3S. The van der Waals surface area contributed by atoms with Gasteiger partial charge in [-0.25, -0.2) is 9.78 Å². The van der Waals surface area contributed by atoms with E-state index in [1.54, 1.807) is 12.6 Å². The van der Waals surface area contributed by atoms with Crippen molar-refractivity contribution in [3.63, 3.8) is 0 Å². The lowest BCUT2D eigenvalue weighted by Gasteiger charge is -2.05. The molecule has 1 heterocycles. The van der Waals surface area contributed by atoms with E-state index >= 15 is 0 Å². The fourth-order valence-corrected chi connectivity index (χ4v) is 2.36. The highest BCUT2D eigenvalue weighted by atomic mass is 32.1. The molecule has 0 spiro atoms. The van der Waals surface area contributed by atoms with Crippen molar-refractivity contribution in [3.8, 4) is 5.75 Å². The van der Waals surface area contributed by atoms with Crippen LogP contribution in [0.3, 0.4) is 0 Å². The van der Waals surface area contributed by atoms with Crippen molar-refractivity contribution in [2.45, 2.75) is 13.1 Å². The van der Waals surface area contributed by atoms with Crippen LogP contribution in [0.25, 0.3) is 0 Å². The molecule has 2 rings (SSSR count). The molecule has 100 valence electrons. The number of carboxylic acid groups (broad SMARTS) is 1. The first kappa shape index (κ1) is 13.5. The van der Waals surface area contributed by atoms with Gasteiger partial charge in [0.05, 0.1) is 17.5 Å². The SMILES string of the molecule is COc1ccc(CNCc2scnc2C(=O)O)cc1. The van der Waals surface area contributed by atoms with Gasteiger partial charge in [0.2, 0.25) is 0 Å². The number of benzene rings is 1. The van der Waals surface area contributed by atoms with Crippen LogP contribution < -0.4 is 10.1 Å². The molecule has 1 aromatic heterocycles. The molecule has 0 atom stereocenters. The second-order valence-corrected chi connectivity index (χ2v) is 4.82. The van der Waals surface area contributed by atoms with Gasteiger partial charge >= 0.3 is 5.97 Å². The van der Waals surface area contributed by atoms with Gasteiger partial charge in [0.25, 0.3) is 0 Å². The third kappa shape index (κ3) is 3.52. The van der Waals surface area contributed by atoms with Gasteiger partial charge in [-0.1, -0.05) is 12.1 Å². The van der Waals surface area contributed by atoms with Gasteiger partial charge in [0, 0.05) is 13.1 Å². The topological polar surface area (TPSA) is 71.5 Å². The predicted octanol–water partition coefficient (Wildman–Crippen LogP) is 2.14. The Hall–Kier alpha value is -1.92. The minimum atomic E-state index is -0.984. The van der Waals surface area contributed by atoms with Crippen molar-refractivity contribution in [3.05, 3.63) is 45.9 Å². The van der Waals surface area contributed by atoms with Gasteiger partial charge in [-0.15, -0.1) is 11.3 Å². The molecule has 0 saturated carbocycles. The minimum Gasteiger partial charge on any atom is -0.497 e. The standard InChI is InChI=1S/C13H14N2O3S/c1-18-10-4-2-9(3-5-10)6-14-7-11-12(13(16)17)15-8-19-11/h2-5,8,14H,6-7H2,1H3,(H,16,17). The quantitative estimate of drug-likeness (QED) is 0.847. The lowest BCUT2D eigenvalue weighted by atomic mass is 10.2. The largest absolute Gasteiger partial charge is 0.497 e. The van der Waals surface area contributed by atoms with E-state index < -0.39 is 5.97 Å². The molecule has 0 aliphatic heterocycles. The van der Waals surface area contributed by atoms with Gasteiger partial charge in [-0.2, -0.15) is 0 Å². The average molecular weight is 278 g/mol. The number of aromatic carboxylic acids is 1. The number of methoxy groups -OCH3 is 1. The Balaban J connectivity index is 1.89. The van der Waals surface area contributed by atoms with Crippen molar-refractivity contribution in [1.29, 1.82) is 0 Å². The van der Waals surface area contributed by atoms with E-state index in [1.165, 1.54) is 11.3 Å². The number of aromatic nitrogens is 1. The van der Waals surface area contributed by atoms with Crippen LogP contribution in [0.1, 0.15) is 20.9 Å². The molecular weight excluding hydrogens is 264 g/mol. The third-order valence-electron chi connectivity index (χ3n) is 2.62. The van der Waals surface area contributed by atoms with Crippen molar-refractivity contribution in [2.75, 3.05) is 7.11 Å². The molecule has 0 amide bonds. The molecule has 0 aliphatic carbocycles. The lowest BCUT2D eigenvalue weighted by molar-refractivity contribution is 0.0690. The molecule has 2 N–H and O–H groups in total. The normalized spacial score (nSPS) is 10.4. The van der Waals surface area contributed by atoms with Crippen LogP contribution in [0.4, 0.5) is 0 Å². The molecule has 5 nitrogen and oxygen atoms in total. The highest BCUT2D eigenvalue weighted by Gasteiger charge is 2.12. The molecule has 0 unspecified atom stereocenters. The lowest BCUT2D eigenvalue weighted by Crippen LogP contribution is -2.14. The number of carbonyl (C=O) groups is 1. The number of hydrogen-bond donors (Lipinski definition) is 2. The molecule has 19 heavy (non-hydrogen) atoms. The van der Waals surface area contributed by atoms with Crippen molar-refractivity contribution >= 4 is 17.3 Å². The van der Waals surface area contributed by atoms with E-state index in [0.29, 0.717) is 13.1 Å². The third-order valence-corrected chi connectivity index (χ3v) is 3.45. The van der Waals surface area contributed by atoms with Crippen LogP contribution in [0, 0.1) is 0 Å². The zero-order valence-corrected chi connectivity index (χ0v) is 11.2. The maximum atomic E-state index is 10.9. The number of rotatable bonds is 6. The zero-order valence-electron chi connectivity index (χ0n) is 10.4. The summed E-state index contributed by atoms with van der Waals surface area (Å²) in [7, 11) is 1.63. The second kappa shape index (κ2) is 6.31. The fraction of sp³-hybridized carbons (Fsp3) is 0.231. The van der Waals surface area contributed by atoms with Crippen LogP contribution in [-0.2, 0) is 13.1 Å². The van der Waals surface area contributed by atoms with Gasteiger partial charge in [-0.05, 0) is 17.7 Å². The van der Waals surface area contributed by atoms with E-state index in [2.05, 4.69) is 10.3 Å². The Morgan fingerprint density at radius 2 is 2.11 bits per heavy atom. The van der Waals surface area contributed by atoms with Crippen LogP contribution in [0.15, 0.2) is 29.8 Å². The number of ether oxygens (including phenoxy) is 1. The van der Waals surface area contributed by atoms with Gasteiger partial charge in [0.1, 0.15) is 5.75 Å². The highest BCUT2D eigenvalue weighted by molar-refractivity contribution is 7.09. The molecule has 0 radical (unpaired) electrons. The Labute approximate surface area is 114 Å². The maximum absolute atomic E-state index is 10.9. The van der Waals surface area contributed by atoms with Crippen LogP contribution in [0.5, 0.6) is 5.75 Å². The number of nitrogens with zero attached hydrogens (tertiary/aromatic N) is 1. The van der Waals surface area contributed by atoms with E-state index in [-0.39, 0.29) is 5.69 Å². The molecule has 0 bridgehead atoms. The summed E-state index contributed by atoms with van der Waals surface area (Å²) >= 11 is 1.34. The first-order valence-corrected chi connectivity index (χ1v) is 6.58. The summed E-state index contributed by atoms with van der Waals surface area (Å²) in [6.07, 6.45) is 0. The van der Waals surface area contributed by atoms with E-state index in [1.807, 2.05) is 24.3 Å². The van der Waals surface area contributed by atoms with Gasteiger partial charge < -0.3 is 15.2 Å². The van der Waals surface area contributed by atoms with E-state index in [4.69, 9.17) is 9.84 Å². The molecule has 0 saturated heterocycles.